The molecule has 17 heavy (non-hydrogen) atoms. The number of aryl methyl sites for hydroxylation is 1. The van der Waals surface area contributed by atoms with E-state index >= 15 is 0 Å². The number of hydrogen-bond donors (Lipinski definition) is 1. The summed E-state index contributed by atoms with van der Waals surface area (Å²) in [4.78, 5) is 0. The van der Waals surface area contributed by atoms with Crippen molar-refractivity contribution in [3.8, 4) is 5.75 Å². The van der Waals surface area contributed by atoms with Crippen LogP contribution in [0.15, 0.2) is 18.2 Å². The van der Waals surface area contributed by atoms with Gasteiger partial charge >= 0.3 is 0 Å². The minimum Gasteiger partial charge on any atom is -0.496 e. The number of hydrogen-bond acceptors (Lipinski definition) is 3. The maximum atomic E-state index is 6.41. The highest BCUT2D eigenvalue weighted by atomic mass is 32.2. The van der Waals surface area contributed by atoms with E-state index in [1.165, 1.54) is 30.6 Å². The molecule has 2 nitrogen and oxygen atoms in total. The van der Waals surface area contributed by atoms with E-state index in [2.05, 4.69) is 19.1 Å². The third kappa shape index (κ3) is 2.96. The van der Waals surface area contributed by atoms with Gasteiger partial charge in [-0.1, -0.05) is 24.1 Å². The second-order valence-electron chi connectivity index (χ2n) is 4.68. The van der Waals surface area contributed by atoms with Gasteiger partial charge in [-0.05, 0) is 31.6 Å². The van der Waals surface area contributed by atoms with Crippen molar-refractivity contribution in [2.24, 2.45) is 5.73 Å². The van der Waals surface area contributed by atoms with Crippen molar-refractivity contribution in [2.75, 3.05) is 12.9 Å². The van der Waals surface area contributed by atoms with E-state index in [4.69, 9.17) is 10.5 Å². The minimum atomic E-state index is 0.0927. The largest absolute Gasteiger partial charge is 0.496 e. The Morgan fingerprint density at radius 1 is 1.41 bits per heavy atom. The Hall–Kier alpha value is -0.670. The average molecular weight is 251 g/mol. The standard InChI is InChI=1S/C14H21NOS/c1-10-6-7-12(16-2)11(9-10)14(15)13-5-3-4-8-17-13/h6-7,9,13-14H,3-5,8,15H2,1-2H3. The molecule has 1 fully saturated rings. The number of benzene rings is 1. The van der Waals surface area contributed by atoms with Crippen molar-refractivity contribution in [1.29, 1.82) is 0 Å². The summed E-state index contributed by atoms with van der Waals surface area (Å²) in [6.07, 6.45) is 3.86. The molecule has 0 radical (unpaired) electrons. The van der Waals surface area contributed by atoms with Crippen LogP contribution in [0.3, 0.4) is 0 Å². The predicted octanol–water partition coefficient (Wildman–Crippen LogP) is 3.29. The molecule has 2 N–H and O–H groups in total. The Bertz CT molecular complexity index is 374. The smallest absolute Gasteiger partial charge is 0.123 e. The zero-order valence-electron chi connectivity index (χ0n) is 10.6. The molecular formula is C14H21NOS. The summed E-state index contributed by atoms with van der Waals surface area (Å²) in [5, 5.41) is 0.541. The molecule has 1 aromatic rings. The fraction of sp³-hybridized carbons (Fsp3) is 0.571. The highest BCUT2D eigenvalue weighted by molar-refractivity contribution is 8.00. The lowest BCUT2D eigenvalue weighted by Crippen LogP contribution is -2.26. The van der Waals surface area contributed by atoms with Crippen LogP contribution in [0.5, 0.6) is 5.75 Å². The van der Waals surface area contributed by atoms with Gasteiger partial charge in [-0.25, -0.2) is 0 Å². The Kier molecular flexibility index (Phi) is 4.35. The molecule has 0 spiro atoms. The molecule has 3 heteroatoms. The van der Waals surface area contributed by atoms with Crippen LogP contribution in [-0.2, 0) is 0 Å². The van der Waals surface area contributed by atoms with E-state index in [1.807, 2.05) is 17.8 Å². The van der Waals surface area contributed by atoms with Crippen LogP contribution in [-0.4, -0.2) is 18.1 Å². The van der Waals surface area contributed by atoms with E-state index in [1.54, 1.807) is 7.11 Å². The molecule has 94 valence electrons. The second kappa shape index (κ2) is 5.78. The monoisotopic (exact) mass is 251 g/mol. The minimum absolute atomic E-state index is 0.0927. The number of thioether (sulfide) groups is 1. The van der Waals surface area contributed by atoms with Crippen molar-refractivity contribution in [3.05, 3.63) is 29.3 Å². The molecule has 0 bridgehead atoms. The molecule has 0 amide bonds. The molecule has 2 atom stereocenters. The molecule has 0 aliphatic carbocycles. The third-order valence-corrected chi connectivity index (χ3v) is 4.84. The Labute approximate surface area is 108 Å². The van der Waals surface area contributed by atoms with E-state index in [0.717, 1.165) is 11.3 Å². The molecule has 1 aliphatic rings. The van der Waals surface area contributed by atoms with Crippen LogP contribution in [0.25, 0.3) is 0 Å². The van der Waals surface area contributed by atoms with E-state index in [-0.39, 0.29) is 6.04 Å². The first-order valence-corrected chi connectivity index (χ1v) is 7.29. The van der Waals surface area contributed by atoms with Crippen molar-refractivity contribution in [1.82, 2.24) is 0 Å². The van der Waals surface area contributed by atoms with Crippen LogP contribution >= 0.6 is 11.8 Å². The molecule has 0 aromatic heterocycles. The lowest BCUT2D eigenvalue weighted by atomic mass is 9.98. The van der Waals surface area contributed by atoms with Gasteiger partial charge in [0.05, 0.1) is 7.11 Å². The molecule has 2 rings (SSSR count). The van der Waals surface area contributed by atoms with E-state index in [0.29, 0.717) is 5.25 Å². The molecule has 1 aliphatic heterocycles. The number of methoxy groups -OCH3 is 1. The fourth-order valence-corrected chi connectivity index (χ4v) is 3.72. The summed E-state index contributed by atoms with van der Waals surface area (Å²) in [6, 6.07) is 6.36. The van der Waals surface area contributed by atoms with Gasteiger partial charge in [0.25, 0.3) is 0 Å². The Morgan fingerprint density at radius 2 is 2.24 bits per heavy atom. The first kappa shape index (κ1) is 12.8. The van der Waals surface area contributed by atoms with E-state index < -0.39 is 0 Å². The SMILES string of the molecule is COc1ccc(C)cc1C(N)C1CCCCS1. The van der Waals surface area contributed by atoms with Crippen molar-refractivity contribution in [3.63, 3.8) is 0 Å². The lowest BCUT2D eigenvalue weighted by Gasteiger charge is -2.28. The van der Waals surface area contributed by atoms with Gasteiger partial charge in [0, 0.05) is 16.9 Å². The molecular weight excluding hydrogens is 230 g/mol. The summed E-state index contributed by atoms with van der Waals surface area (Å²) in [6.45, 7) is 2.10. The Morgan fingerprint density at radius 3 is 2.88 bits per heavy atom. The highest BCUT2D eigenvalue weighted by Gasteiger charge is 2.24. The zero-order valence-corrected chi connectivity index (χ0v) is 11.4. The van der Waals surface area contributed by atoms with Gasteiger partial charge in [0.1, 0.15) is 5.75 Å². The molecule has 2 unspecified atom stereocenters. The van der Waals surface area contributed by atoms with Crippen LogP contribution in [0.4, 0.5) is 0 Å². The molecule has 1 aromatic carbocycles. The average Bonchev–Trinajstić information content (AvgIpc) is 2.39. The second-order valence-corrected chi connectivity index (χ2v) is 6.02. The maximum absolute atomic E-state index is 6.41. The summed E-state index contributed by atoms with van der Waals surface area (Å²) in [7, 11) is 1.72. The van der Waals surface area contributed by atoms with E-state index in [9.17, 15) is 0 Å². The summed E-state index contributed by atoms with van der Waals surface area (Å²) in [5.41, 5.74) is 8.82. The lowest BCUT2D eigenvalue weighted by molar-refractivity contribution is 0.403. The highest BCUT2D eigenvalue weighted by Crippen LogP contribution is 2.36. The van der Waals surface area contributed by atoms with Crippen molar-refractivity contribution >= 4 is 11.8 Å². The van der Waals surface area contributed by atoms with Crippen LogP contribution in [0.1, 0.15) is 36.4 Å². The van der Waals surface area contributed by atoms with Gasteiger partial charge in [-0.2, -0.15) is 11.8 Å². The van der Waals surface area contributed by atoms with Crippen LogP contribution in [0.2, 0.25) is 0 Å². The predicted molar refractivity (Wildman–Crippen MR) is 74.8 cm³/mol. The van der Waals surface area contributed by atoms with Crippen molar-refractivity contribution in [2.45, 2.75) is 37.5 Å². The quantitative estimate of drug-likeness (QED) is 0.895. The van der Waals surface area contributed by atoms with Crippen molar-refractivity contribution < 1.29 is 4.74 Å². The molecule has 0 saturated carbocycles. The number of ether oxygens (including phenoxy) is 1. The normalized spacial score (nSPS) is 22.2. The first-order chi connectivity index (χ1) is 8.22. The van der Waals surface area contributed by atoms with Gasteiger partial charge in [-0.15, -0.1) is 0 Å². The van der Waals surface area contributed by atoms with Gasteiger partial charge < -0.3 is 10.5 Å². The Balaban J connectivity index is 2.21. The zero-order chi connectivity index (χ0) is 12.3. The van der Waals surface area contributed by atoms with Gasteiger partial charge in [-0.3, -0.25) is 0 Å². The fourth-order valence-electron chi connectivity index (χ4n) is 2.36. The summed E-state index contributed by atoms with van der Waals surface area (Å²) >= 11 is 2.01. The van der Waals surface area contributed by atoms with Crippen LogP contribution in [0, 0.1) is 6.92 Å². The number of nitrogens with two attached hydrogens (primary N) is 1. The van der Waals surface area contributed by atoms with Gasteiger partial charge in [0.15, 0.2) is 0 Å². The maximum Gasteiger partial charge on any atom is 0.123 e. The van der Waals surface area contributed by atoms with Gasteiger partial charge in [0.2, 0.25) is 0 Å². The number of rotatable bonds is 3. The summed E-state index contributed by atoms with van der Waals surface area (Å²) in [5.74, 6) is 2.17. The topological polar surface area (TPSA) is 35.2 Å². The molecule has 1 saturated heterocycles. The van der Waals surface area contributed by atoms with Crippen LogP contribution < -0.4 is 10.5 Å². The summed E-state index contributed by atoms with van der Waals surface area (Å²) < 4.78 is 5.42. The third-order valence-electron chi connectivity index (χ3n) is 3.36. The first-order valence-electron chi connectivity index (χ1n) is 6.24. The molecule has 1 heterocycles.